The maximum absolute atomic E-state index is 12.5. The minimum atomic E-state index is -3.84. The van der Waals surface area contributed by atoms with Crippen LogP contribution in [0, 0.1) is 6.92 Å². The first-order valence-corrected chi connectivity index (χ1v) is 9.93. The van der Waals surface area contributed by atoms with E-state index in [1.54, 1.807) is 13.0 Å². The highest BCUT2D eigenvalue weighted by Crippen LogP contribution is 2.25. The summed E-state index contributed by atoms with van der Waals surface area (Å²) in [4.78, 5) is 12.2. The van der Waals surface area contributed by atoms with Gasteiger partial charge in [-0.2, -0.15) is 0 Å². The van der Waals surface area contributed by atoms with Crippen molar-refractivity contribution in [2.24, 2.45) is 0 Å². The van der Waals surface area contributed by atoms with Crippen molar-refractivity contribution in [1.82, 2.24) is 0 Å². The molecule has 0 aliphatic rings. The summed E-state index contributed by atoms with van der Waals surface area (Å²) in [6.45, 7) is 1.68. The minimum Gasteiger partial charge on any atom is -0.469 e. The molecular weight excluding hydrogens is 411 g/mol. The summed E-state index contributed by atoms with van der Waals surface area (Å²) in [5.41, 5.74) is 1.11. The number of sulfonamides is 1. The number of aryl methyl sites for hydroxylation is 1. The molecule has 0 aliphatic heterocycles. The molecular formula is C18H14Cl2N2O4S. The molecule has 3 rings (SSSR count). The highest BCUT2D eigenvalue weighted by atomic mass is 35.5. The Morgan fingerprint density at radius 1 is 0.963 bits per heavy atom. The van der Waals surface area contributed by atoms with Gasteiger partial charge in [0.1, 0.15) is 5.76 Å². The van der Waals surface area contributed by atoms with E-state index < -0.39 is 10.0 Å². The van der Waals surface area contributed by atoms with Gasteiger partial charge in [-0.15, -0.1) is 0 Å². The number of carbonyl (C=O) groups is 1. The molecule has 2 N–H and O–H groups in total. The highest BCUT2D eigenvalue weighted by molar-refractivity contribution is 7.92. The lowest BCUT2D eigenvalue weighted by Gasteiger charge is -2.10. The topological polar surface area (TPSA) is 88.4 Å². The lowest BCUT2D eigenvalue weighted by molar-refractivity contribution is 0.102. The Bertz CT molecular complexity index is 1070. The van der Waals surface area contributed by atoms with Crippen LogP contribution in [0.3, 0.4) is 0 Å². The molecule has 9 heteroatoms. The second-order valence-corrected chi connectivity index (χ2v) is 8.19. The van der Waals surface area contributed by atoms with Gasteiger partial charge in [0.15, 0.2) is 0 Å². The molecule has 1 aromatic heterocycles. The number of hydrogen-bond donors (Lipinski definition) is 2. The van der Waals surface area contributed by atoms with E-state index in [-0.39, 0.29) is 16.5 Å². The number of benzene rings is 2. The Hall–Kier alpha value is -2.48. The Balaban J connectivity index is 1.75. The predicted molar refractivity (Wildman–Crippen MR) is 105 cm³/mol. The number of hydrogen-bond acceptors (Lipinski definition) is 4. The van der Waals surface area contributed by atoms with Gasteiger partial charge in [0.05, 0.1) is 22.4 Å². The maximum Gasteiger partial charge on any atom is 0.261 e. The van der Waals surface area contributed by atoms with Gasteiger partial charge in [0.2, 0.25) is 0 Å². The normalized spacial score (nSPS) is 11.2. The van der Waals surface area contributed by atoms with Crippen LogP contribution in [0.15, 0.2) is 64.1 Å². The number of furan rings is 1. The van der Waals surface area contributed by atoms with Gasteiger partial charge >= 0.3 is 0 Å². The lowest BCUT2D eigenvalue weighted by atomic mass is 10.2. The van der Waals surface area contributed by atoms with E-state index >= 15 is 0 Å². The molecule has 0 saturated carbocycles. The second kappa shape index (κ2) is 7.64. The van der Waals surface area contributed by atoms with Crippen molar-refractivity contribution < 1.29 is 17.6 Å². The molecule has 0 aliphatic carbocycles. The van der Waals surface area contributed by atoms with Crippen molar-refractivity contribution in [3.63, 3.8) is 0 Å². The summed E-state index contributed by atoms with van der Waals surface area (Å²) in [5, 5.41) is 3.30. The maximum atomic E-state index is 12.5. The van der Waals surface area contributed by atoms with Gasteiger partial charge in [-0.05, 0) is 55.5 Å². The summed E-state index contributed by atoms with van der Waals surface area (Å²) in [7, 11) is -3.84. The summed E-state index contributed by atoms with van der Waals surface area (Å²) in [6.07, 6.45) is 1.42. The smallest absolute Gasteiger partial charge is 0.261 e. The molecule has 1 heterocycles. The molecule has 27 heavy (non-hydrogen) atoms. The summed E-state index contributed by atoms with van der Waals surface area (Å²) >= 11 is 11.8. The third-order valence-corrected chi connectivity index (χ3v) is 5.47. The fourth-order valence-corrected chi connectivity index (χ4v) is 3.93. The van der Waals surface area contributed by atoms with Crippen LogP contribution >= 0.6 is 23.2 Å². The molecule has 0 unspecified atom stereocenters. The molecule has 140 valence electrons. The molecule has 0 bridgehead atoms. The van der Waals surface area contributed by atoms with Crippen LogP contribution in [0.4, 0.5) is 11.4 Å². The molecule has 3 aromatic rings. The van der Waals surface area contributed by atoms with Crippen molar-refractivity contribution in [2.45, 2.75) is 11.8 Å². The molecule has 6 nitrogen and oxygen atoms in total. The minimum absolute atomic E-state index is 0.0242. The van der Waals surface area contributed by atoms with Gasteiger partial charge in [0.25, 0.3) is 15.9 Å². The van der Waals surface area contributed by atoms with Crippen molar-refractivity contribution in [1.29, 1.82) is 0 Å². The van der Waals surface area contributed by atoms with E-state index in [2.05, 4.69) is 10.0 Å². The third-order valence-electron chi connectivity index (χ3n) is 3.64. The highest BCUT2D eigenvalue weighted by Gasteiger charge is 2.16. The van der Waals surface area contributed by atoms with Gasteiger partial charge in [-0.3, -0.25) is 9.52 Å². The van der Waals surface area contributed by atoms with Gasteiger partial charge in [-0.1, -0.05) is 23.2 Å². The summed E-state index contributed by atoms with van der Waals surface area (Å²) in [5.74, 6) is 0.152. The van der Waals surface area contributed by atoms with Crippen LogP contribution < -0.4 is 10.0 Å². The van der Waals surface area contributed by atoms with E-state index in [1.165, 1.54) is 48.7 Å². The van der Waals surface area contributed by atoms with Gasteiger partial charge in [-0.25, -0.2) is 8.42 Å². The van der Waals surface area contributed by atoms with Gasteiger partial charge in [0, 0.05) is 15.7 Å². The molecule has 0 radical (unpaired) electrons. The van der Waals surface area contributed by atoms with Crippen molar-refractivity contribution in [3.05, 3.63) is 76.2 Å². The van der Waals surface area contributed by atoms with Crippen LogP contribution in [-0.4, -0.2) is 14.3 Å². The average Bonchev–Trinajstić information content (AvgIpc) is 3.00. The monoisotopic (exact) mass is 424 g/mol. The van der Waals surface area contributed by atoms with Crippen molar-refractivity contribution in [2.75, 3.05) is 10.0 Å². The van der Waals surface area contributed by atoms with E-state index in [9.17, 15) is 13.2 Å². The Kier molecular flexibility index (Phi) is 5.46. The fourth-order valence-electron chi connectivity index (χ4n) is 2.36. The molecule has 0 atom stereocenters. The van der Waals surface area contributed by atoms with Crippen LogP contribution in [0.5, 0.6) is 0 Å². The Morgan fingerprint density at radius 2 is 1.59 bits per heavy atom. The number of nitrogens with one attached hydrogen (secondary N) is 2. The van der Waals surface area contributed by atoms with E-state index in [0.29, 0.717) is 27.1 Å². The number of rotatable bonds is 5. The molecule has 1 amide bonds. The first-order valence-electron chi connectivity index (χ1n) is 7.69. The predicted octanol–water partition coefficient (Wildman–Crippen LogP) is 4.95. The summed E-state index contributed by atoms with van der Waals surface area (Å²) in [6, 6.07) is 11.7. The zero-order valence-corrected chi connectivity index (χ0v) is 16.3. The van der Waals surface area contributed by atoms with Crippen LogP contribution in [0.2, 0.25) is 10.0 Å². The quantitative estimate of drug-likeness (QED) is 0.606. The summed E-state index contributed by atoms with van der Waals surface area (Å²) < 4.78 is 32.5. The number of anilines is 2. The number of amides is 1. The van der Waals surface area contributed by atoms with E-state index in [4.69, 9.17) is 27.6 Å². The van der Waals surface area contributed by atoms with Crippen LogP contribution in [-0.2, 0) is 10.0 Å². The Labute approximate surface area is 166 Å². The average molecular weight is 425 g/mol. The largest absolute Gasteiger partial charge is 0.469 e. The van der Waals surface area contributed by atoms with Crippen LogP contribution in [0.1, 0.15) is 16.1 Å². The molecule has 0 fully saturated rings. The Morgan fingerprint density at radius 3 is 2.15 bits per heavy atom. The first kappa shape index (κ1) is 19.3. The first-order chi connectivity index (χ1) is 12.7. The zero-order chi connectivity index (χ0) is 19.6. The van der Waals surface area contributed by atoms with Gasteiger partial charge < -0.3 is 9.73 Å². The van der Waals surface area contributed by atoms with Crippen LogP contribution in [0.25, 0.3) is 0 Å². The molecule has 0 saturated heterocycles. The SMILES string of the molecule is Cc1occc1C(=O)Nc1ccc(S(=O)(=O)Nc2cc(Cl)cc(Cl)c2)cc1. The van der Waals surface area contributed by atoms with E-state index in [1.807, 2.05) is 0 Å². The molecule has 0 spiro atoms. The second-order valence-electron chi connectivity index (χ2n) is 5.63. The van der Waals surface area contributed by atoms with E-state index in [0.717, 1.165) is 0 Å². The molecule has 2 aromatic carbocycles. The van der Waals surface area contributed by atoms with Crippen molar-refractivity contribution >= 4 is 50.5 Å². The third kappa shape index (κ3) is 4.63. The number of carbonyl (C=O) groups excluding carboxylic acids is 1. The standard InChI is InChI=1S/C18H14Cl2N2O4S/c1-11-17(6-7-26-11)18(23)21-14-2-4-16(5-3-14)27(24,25)22-15-9-12(19)8-13(20)10-15/h2-10,22H,1H3,(H,21,23). The number of halogens is 2. The fraction of sp³-hybridized carbons (Fsp3) is 0.0556. The lowest BCUT2D eigenvalue weighted by Crippen LogP contribution is -2.14. The van der Waals surface area contributed by atoms with Crippen molar-refractivity contribution in [3.8, 4) is 0 Å². The zero-order valence-electron chi connectivity index (χ0n) is 14.0.